The number of ether oxygens (including phenoxy) is 2. The average molecular weight is 308 g/mol. The fourth-order valence-corrected chi connectivity index (χ4v) is 2.81. The van der Waals surface area contributed by atoms with Crippen molar-refractivity contribution in [3.8, 4) is 5.75 Å². The minimum Gasteiger partial charge on any atom is -0.494 e. The number of nitrogens with zero attached hydrogens (tertiary/aromatic N) is 1. The minimum atomic E-state index is 0.317. The topological polar surface area (TPSA) is 47.7 Å². The van der Waals surface area contributed by atoms with Gasteiger partial charge in [-0.05, 0) is 32.4 Å². The van der Waals surface area contributed by atoms with Gasteiger partial charge in [-0.25, -0.2) is 0 Å². The first-order valence-corrected chi connectivity index (χ1v) is 7.86. The van der Waals surface area contributed by atoms with Crippen LogP contribution in [0.3, 0.4) is 0 Å². The lowest BCUT2D eigenvalue weighted by molar-refractivity contribution is -0.0686. The quantitative estimate of drug-likeness (QED) is 0.645. The molecule has 0 saturated carbocycles. The second kappa shape index (κ2) is 7.73. The molecule has 0 bridgehead atoms. The molecule has 1 heterocycles. The molecule has 1 aromatic carbocycles. The van der Waals surface area contributed by atoms with E-state index in [2.05, 4.69) is 18.7 Å². The van der Waals surface area contributed by atoms with Crippen LogP contribution >= 0.6 is 12.2 Å². The molecule has 116 valence electrons. The van der Waals surface area contributed by atoms with E-state index in [1.807, 2.05) is 24.3 Å². The Labute approximate surface area is 132 Å². The number of hydrogen-bond donors (Lipinski definition) is 1. The molecule has 2 unspecified atom stereocenters. The van der Waals surface area contributed by atoms with Gasteiger partial charge in [0.15, 0.2) is 0 Å². The summed E-state index contributed by atoms with van der Waals surface area (Å²) in [6.45, 7) is 7.98. The maximum absolute atomic E-state index is 5.77. The van der Waals surface area contributed by atoms with Gasteiger partial charge in [-0.2, -0.15) is 0 Å². The molecule has 21 heavy (non-hydrogen) atoms. The summed E-state index contributed by atoms with van der Waals surface area (Å²) in [7, 11) is 0. The SMILES string of the molecule is CC1CN(CCCOc2cccc(C(N)=S)c2)CC(C)O1. The Kier molecular flexibility index (Phi) is 5.96. The second-order valence-corrected chi connectivity index (χ2v) is 6.05. The summed E-state index contributed by atoms with van der Waals surface area (Å²) < 4.78 is 11.5. The first-order valence-electron chi connectivity index (χ1n) is 7.45. The monoisotopic (exact) mass is 308 g/mol. The molecule has 0 radical (unpaired) electrons. The Bertz CT molecular complexity index is 471. The zero-order chi connectivity index (χ0) is 15.2. The predicted molar refractivity (Wildman–Crippen MR) is 88.9 cm³/mol. The van der Waals surface area contributed by atoms with Crippen LogP contribution in [-0.4, -0.2) is 48.3 Å². The van der Waals surface area contributed by atoms with E-state index < -0.39 is 0 Å². The number of nitrogens with two attached hydrogens (primary N) is 1. The van der Waals surface area contributed by atoms with Crippen molar-refractivity contribution >= 4 is 17.2 Å². The number of rotatable bonds is 6. The molecule has 2 atom stereocenters. The number of hydrogen-bond acceptors (Lipinski definition) is 4. The summed E-state index contributed by atoms with van der Waals surface area (Å²) >= 11 is 4.97. The maximum Gasteiger partial charge on any atom is 0.119 e. The van der Waals surface area contributed by atoms with Crippen LogP contribution < -0.4 is 10.5 Å². The van der Waals surface area contributed by atoms with Gasteiger partial charge in [0, 0.05) is 25.2 Å². The molecule has 1 aliphatic rings. The lowest BCUT2D eigenvalue weighted by atomic mass is 10.2. The Morgan fingerprint density at radius 1 is 1.38 bits per heavy atom. The normalized spacial score (nSPS) is 23.0. The van der Waals surface area contributed by atoms with Crippen molar-refractivity contribution in [2.24, 2.45) is 5.73 Å². The van der Waals surface area contributed by atoms with Crippen molar-refractivity contribution in [3.63, 3.8) is 0 Å². The Morgan fingerprint density at radius 2 is 2.10 bits per heavy atom. The van der Waals surface area contributed by atoms with Crippen molar-refractivity contribution in [1.82, 2.24) is 4.90 Å². The minimum absolute atomic E-state index is 0.317. The highest BCUT2D eigenvalue weighted by Crippen LogP contribution is 2.14. The third-order valence-corrected chi connectivity index (χ3v) is 3.74. The number of benzene rings is 1. The molecule has 2 N–H and O–H groups in total. The van der Waals surface area contributed by atoms with Crippen LogP contribution in [0.4, 0.5) is 0 Å². The van der Waals surface area contributed by atoms with E-state index in [4.69, 9.17) is 27.4 Å². The molecule has 5 heteroatoms. The summed E-state index contributed by atoms with van der Waals surface area (Å²) in [5.74, 6) is 0.823. The lowest BCUT2D eigenvalue weighted by Crippen LogP contribution is -2.45. The predicted octanol–water partition coefficient (Wildman–Crippen LogP) is 2.20. The lowest BCUT2D eigenvalue weighted by Gasteiger charge is -2.35. The molecule has 0 aromatic heterocycles. The van der Waals surface area contributed by atoms with E-state index >= 15 is 0 Å². The van der Waals surface area contributed by atoms with Crippen molar-refractivity contribution in [2.45, 2.75) is 32.5 Å². The van der Waals surface area contributed by atoms with Crippen LogP contribution in [0, 0.1) is 0 Å². The second-order valence-electron chi connectivity index (χ2n) is 5.61. The summed E-state index contributed by atoms with van der Waals surface area (Å²) in [4.78, 5) is 2.84. The molecule has 0 aliphatic carbocycles. The van der Waals surface area contributed by atoms with Crippen LogP contribution in [0.2, 0.25) is 0 Å². The molecule has 1 fully saturated rings. The molecular weight excluding hydrogens is 284 g/mol. The highest BCUT2D eigenvalue weighted by Gasteiger charge is 2.21. The van der Waals surface area contributed by atoms with E-state index in [0.29, 0.717) is 23.8 Å². The van der Waals surface area contributed by atoms with E-state index in [1.165, 1.54) is 0 Å². The van der Waals surface area contributed by atoms with Crippen LogP contribution in [0.5, 0.6) is 5.75 Å². The van der Waals surface area contributed by atoms with Crippen molar-refractivity contribution in [2.75, 3.05) is 26.2 Å². The summed E-state index contributed by atoms with van der Waals surface area (Å²) in [5, 5.41) is 0. The number of morpholine rings is 1. The summed E-state index contributed by atoms with van der Waals surface area (Å²) in [6, 6.07) is 7.63. The van der Waals surface area contributed by atoms with Gasteiger partial charge in [-0.3, -0.25) is 4.90 Å². The third kappa shape index (κ3) is 5.26. The third-order valence-electron chi connectivity index (χ3n) is 3.50. The zero-order valence-corrected chi connectivity index (χ0v) is 13.6. The summed E-state index contributed by atoms with van der Waals surface area (Å²) in [6.07, 6.45) is 1.63. The largest absolute Gasteiger partial charge is 0.494 e. The fraction of sp³-hybridized carbons (Fsp3) is 0.562. The smallest absolute Gasteiger partial charge is 0.119 e. The van der Waals surface area contributed by atoms with Gasteiger partial charge in [0.2, 0.25) is 0 Å². The standard InChI is InChI=1S/C16H24N2O2S/c1-12-10-18(11-13(2)20-12)7-4-8-19-15-6-3-5-14(9-15)16(17)21/h3,5-6,9,12-13H,4,7-8,10-11H2,1-2H3,(H2,17,21). The fourth-order valence-electron chi connectivity index (χ4n) is 2.68. The Hall–Kier alpha value is -1.17. The molecule has 1 saturated heterocycles. The molecule has 0 spiro atoms. The van der Waals surface area contributed by atoms with E-state index in [1.54, 1.807) is 0 Å². The zero-order valence-electron chi connectivity index (χ0n) is 12.7. The van der Waals surface area contributed by atoms with Gasteiger partial charge in [0.1, 0.15) is 10.7 Å². The first kappa shape index (κ1) is 16.2. The van der Waals surface area contributed by atoms with Crippen LogP contribution in [-0.2, 0) is 4.74 Å². The van der Waals surface area contributed by atoms with Crippen molar-refractivity contribution in [1.29, 1.82) is 0 Å². The van der Waals surface area contributed by atoms with Crippen LogP contribution in [0.15, 0.2) is 24.3 Å². The maximum atomic E-state index is 5.77. The Morgan fingerprint density at radius 3 is 2.76 bits per heavy atom. The van der Waals surface area contributed by atoms with Gasteiger partial charge >= 0.3 is 0 Å². The average Bonchev–Trinajstić information content (AvgIpc) is 2.43. The molecule has 2 rings (SSSR count). The van der Waals surface area contributed by atoms with Gasteiger partial charge in [-0.1, -0.05) is 24.4 Å². The molecular formula is C16H24N2O2S. The van der Waals surface area contributed by atoms with Gasteiger partial charge in [0.25, 0.3) is 0 Å². The van der Waals surface area contributed by atoms with Crippen LogP contribution in [0.1, 0.15) is 25.8 Å². The van der Waals surface area contributed by atoms with Gasteiger partial charge in [0.05, 0.1) is 18.8 Å². The van der Waals surface area contributed by atoms with E-state index in [-0.39, 0.29) is 0 Å². The van der Waals surface area contributed by atoms with Crippen molar-refractivity contribution < 1.29 is 9.47 Å². The highest BCUT2D eigenvalue weighted by atomic mass is 32.1. The molecule has 1 aromatic rings. The summed E-state index contributed by atoms with van der Waals surface area (Å²) in [5.41, 5.74) is 6.46. The van der Waals surface area contributed by atoms with E-state index in [9.17, 15) is 0 Å². The molecule has 0 amide bonds. The number of thiocarbonyl (C=S) groups is 1. The molecule has 1 aliphatic heterocycles. The van der Waals surface area contributed by atoms with Gasteiger partial charge in [-0.15, -0.1) is 0 Å². The molecule has 4 nitrogen and oxygen atoms in total. The van der Waals surface area contributed by atoms with Crippen LogP contribution in [0.25, 0.3) is 0 Å². The Balaban J connectivity index is 1.72. The first-order chi connectivity index (χ1) is 10.0. The van der Waals surface area contributed by atoms with E-state index in [0.717, 1.165) is 37.4 Å². The highest BCUT2D eigenvalue weighted by molar-refractivity contribution is 7.80. The van der Waals surface area contributed by atoms with Crippen molar-refractivity contribution in [3.05, 3.63) is 29.8 Å². The van der Waals surface area contributed by atoms with Gasteiger partial charge < -0.3 is 15.2 Å².